The molecule has 0 saturated carbocycles. The topological polar surface area (TPSA) is 29.3 Å². The zero-order valence-corrected chi connectivity index (χ0v) is 10.2. The Hall–Kier alpha value is -0.570. The quantitative estimate of drug-likeness (QED) is 0.836. The van der Waals surface area contributed by atoms with Crippen molar-refractivity contribution in [1.82, 2.24) is 4.90 Å². The van der Waals surface area contributed by atoms with Gasteiger partial charge in [0.2, 0.25) is 0 Å². The minimum absolute atomic E-state index is 0.276. The van der Waals surface area contributed by atoms with E-state index in [0.29, 0.717) is 0 Å². The van der Waals surface area contributed by atoms with Crippen LogP contribution in [0.2, 0.25) is 5.02 Å². The first-order valence-electron chi connectivity index (χ1n) is 5.26. The molecule has 1 rings (SSSR count). The summed E-state index contributed by atoms with van der Waals surface area (Å²) in [5.74, 6) is 0. The number of benzene rings is 1. The molecule has 0 amide bonds. The smallest absolute Gasteiger partial charge is 0.0406 e. The Morgan fingerprint density at radius 1 is 1.33 bits per heavy atom. The maximum atomic E-state index is 5.82. The lowest BCUT2D eigenvalue weighted by Gasteiger charge is -2.17. The molecule has 0 fully saturated rings. The number of hydrogen-bond donors (Lipinski definition) is 1. The van der Waals surface area contributed by atoms with Crippen LogP contribution >= 0.6 is 11.6 Å². The Labute approximate surface area is 97.0 Å². The Bertz CT molecular complexity index is 282. The summed E-state index contributed by atoms with van der Waals surface area (Å²) in [6, 6.07) is 8.25. The lowest BCUT2D eigenvalue weighted by Crippen LogP contribution is -2.25. The van der Waals surface area contributed by atoms with Crippen molar-refractivity contribution in [2.45, 2.75) is 25.9 Å². The van der Waals surface area contributed by atoms with E-state index in [0.717, 1.165) is 24.5 Å². The Kier molecular flexibility index (Phi) is 5.09. The van der Waals surface area contributed by atoms with Gasteiger partial charge >= 0.3 is 0 Å². The molecular weight excluding hydrogens is 208 g/mol. The van der Waals surface area contributed by atoms with Crippen molar-refractivity contribution in [3.8, 4) is 0 Å². The van der Waals surface area contributed by atoms with Gasteiger partial charge in [-0.2, -0.15) is 0 Å². The molecule has 0 aromatic heterocycles. The van der Waals surface area contributed by atoms with E-state index in [9.17, 15) is 0 Å². The number of halogens is 1. The Morgan fingerprint density at radius 3 is 2.47 bits per heavy atom. The van der Waals surface area contributed by atoms with Gasteiger partial charge in [0.25, 0.3) is 0 Å². The highest BCUT2D eigenvalue weighted by Crippen LogP contribution is 2.11. The van der Waals surface area contributed by atoms with Crippen molar-refractivity contribution in [3.63, 3.8) is 0 Å². The van der Waals surface area contributed by atoms with Gasteiger partial charge in [-0.3, -0.25) is 0 Å². The summed E-state index contributed by atoms with van der Waals surface area (Å²) in [6.07, 6.45) is 1.03. The normalized spacial score (nSPS) is 13.1. The van der Waals surface area contributed by atoms with Gasteiger partial charge in [0.15, 0.2) is 0 Å². The summed E-state index contributed by atoms with van der Waals surface area (Å²) in [5, 5.41) is 0.789. The molecule has 1 atom stereocenters. The van der Waals surface area contributed by atoms with Crippen LogP contribution in [-0.2, 0) is 6.54 Å². The second-order valence-corrected chi connectivity index (χ2v) is 4.57. The molecule has 1 aromatic carbocycles. The summed E-state index contributed by atoms with van der Waals surface area (Å²) >= 11 is 5.82. The van der Waals surface area contributed by atoms with E-state index >= 15 is 0 Å². The molecule has 3 heteroatoms. The maximum absolute atomic E-state index is 5.82. The summed E-state index contributed by atoms with van der Waals surface area (Å²) < 4.78 is 0. The molecule has 2 N–H and O–H groups in total. The predicted molar refractivity (Wildman–Crippen MR) is 66.1 cm³/mol. The van der Waals surface area contributed by atoms with Gasteiger partial charge in [-0.15, -0.1) is 0 Å². The first kappa shape index (κ1) is 12.5. The minimum atomic E-state index is 0.276. The number of rotatable bonds is 5. The van der Waals surface area contributed by atoms with Gasteiger partial charge in [0.05, 0.1) is 0 Å². The van der Waals surface area contributed by atoms with Gasteiger partial charge in [-0.1, -0.05) is 23.7 Å². The van der Waals surface area contributed by atoms with E-state index < -0.39 is 0 Å². The van der Waals surface area contributed by atoms with Crippen LogP contribution in [0.15, 0.2) is 24.3 Å². The molecule has 0 spiro atoms. The van der Waals surface area contributed by atoms with Crippen LogP contribution < -0.4 is 5.73 Å². The third-order valence-electron chi connectivity index (χ3n) is 2.33. The Balaban J connectivity index is 2.37. The highest BCUT2D eigenvalue weighted by Gasteiger charge is 2.01. The van der Waals surface area contributed by atoms with Crippen LogP contribution in [0.5, 0.6) is 0 Å². The van der Waals surface area contributed by atoms with E-state index in [1.807, 2.05) is 19.1 Å². The van der Waals surface area contributed by atoms with Gasteiger partial charge in [0, 0.05) is 17.6 Å². The summed E-state index contributed by atoms with van der Waals surface area (Å²) in [5.41, 5.74) is 6.99. The third-order valence-corrected chi connectivity index (χ3v) is 2.58. The number of nitrogens with zero attached hydrogens (tertiary/aromatic N) is 1. The molecular formula is C12H19ClN2. The lowest BCUT2D eigenvalue weighted by atomic mass is 10.2. The third kappa shape index (κ3) is 5.17. The molecule has 0 bridgehead atoms. The molecule has 0 saturated heterocycles. The van der Waals surface area contributed by atoms with Crippen LogP contribution in [0, 0.1) is 0 Å². The standard InChI is InChI=1S/C12H19ClN2/c1-10(14)7-8-15(2)9-11-3-5-12(13)6-4-11/h3-6,10H,7-9,14H2,1-2H3. The van der Waals surface area contributed by atoms with Gasteiger partial charge in [0.1, 0.15) is 0 Å². The van der Waals surface area contributed by atoms with Crippen LogP contribution in [0.4, 0.5) is 0 Å². The molecule has 0 aliphatic heterocycles. The zero-order valence-electron chi connectivity index (χ0n) is 9.41. The minimum Gasteiger partial charge on any atom is -0.328 e. The van der Waals surface area contributed by atoms with Crippen molar-refractivity contribution in [2.24, 2.45) is 5.73 Å². The highest BCUT2D eigenvalue weighted by molar-refractivity contribution is 6.30. The molecule has 0 aliphatic carbocycles. The molecule has 0 aliphatic rings. The first-order chi connectivity index (χ1) is 7.08. The summed E-state index contributed by atoms with van der Waals surface area (Å²) in [6.45, 7) is 4.01. The Morgan fingerprint density at radius 2 is 1.93 bits per heavy atom. The van der Waals surface area contributed by atoms with Crippen LogP contribution in [-0.4, -0.2) is 24.5 Å². The molecule has 1 aromatic rings. The average molecular weight is 227 g/mol. The van der Waals surface area contributed by atoms with Crippen molar-refractivity contribution in [2.75, 3.05) is 13.6 Å². The largest absolute Gasteiger partial charge is 0.328 e. The van der Waals surface area contributed by atoms with Crippen LogP contribution in [0.25, 0.3) is 0 Å². The van der Waals surface area contributed by atoms with Gasteiger partial charge < -0.3 is 10.6 Å². The number of hydrogen-bond acceptors (Lipinski definition) is 2. The SMILES string of the molecule is CC(N)CCN(C)Cc1ccc(Cl)cc1. The summed E-state index contributed by atoms with van der Waals surface area (Å²) in [4.78, 5) is 2.27. The first-order valence-corrected chi connectivity index (χ1v) is 5.64. The molecule has 0 radical (unpaired) electrons. The van der Waals surface area contributed by atoms with Crippen LogP contribution in [0.1, 0.15) is 18.9 Å². The van der Waals surface area contributed by atoms with E-state index in [1.165, 1.54) is 5.56 Å². The average Bonchev–Trinajstić information content (AvgIpc) is 2.19. The van der Waals surface area contributed by atoms with E-state index in [2.05, 4.69) is 24.1 Å². The number of nitrogens with two attached hydrogens (primary N) is 1. The van der Waals surface area contributed by atoms with Crippen molar-refractivity contribution < 1.29 is 0 Å². The van der Waals surface area contributed by atoms with Crippen molar-refractivity contribution in [3.05, 3.63) is 34.9 Å². The van der Waals surface area contributed by atoms with Gasteiger partial charge in [-0.05, 0) is 44.6 Å². The maximum Gasteiger partial charge on any atom is 0.0406 e. The van der Waals surface area contributed by atoms with E-state index in [1.54, 1.807) is 0 Å². The van der Waals surface area contributed by atoms with E-state index in [4.69, 9.17) is 17.3 Å². The highest BCUT2D eigenvalue weighted by atomic mass is 35.5. The zero-order chi connectivity index (χ0) is 11.3. The monoisotopic (exact) mass is 226 g/mol. The van der Waals surface area contributed by atoms with E-state index in [-0.39, 0.29) is 6.04 Å². The van der Waals surface area contributed by atoms with Gasteiger partial charge in [-0.25, -0.2) is 0 Å². The fraction of sp³-hybridized carbons (Fsp3) is 0.500. The molecule has 1 unspecified atom stereocenters. The second-order valence-electron chi connectivity index (χ2n) is 4.13. The van der Waals surface area contributed by atoms with Crippen molar-refractivity contribution in [1.29, 1.82) is 0 Å². The van der Waals surface area contributed by atoms with Crippen molar-refractivity contribution >= 4 is 11.6 Å². The lowest BCUT2D eigenvalue weighted by molar-refractivity contribution is 0.313. The fourth-order valence-electron chi connectivity index (χ4n) is 1.40. The molecule has 15 heavy (non-hydrogen) atoms. The molecule has 0 heterocycles. The fourth-order valence-corrected chi connectivity index (χ4v) is 1.53. The van der Waals surface area contributed by atoms with Crippen LogP contribution in [0.3, 0.4) is 0 Å². The molecule has 2 nitrogen and oxygen atoms in total. The summed E-state index contributed by atoms with van der Waals surface area (Å²) in [7, 11) is 2.11. The predicted octanol–water partition coefficient (Wildman–Crippen LogP) is 2.51. The molecule has 84 valence electrons. The second kappa shape index (κ2) is 6.11.